The molecule has 2 heteroatoms. The van der Waals surface area contributed by atoms with Gasteiger partial charge in [0, 0.05) is 6.54 Å². The number of rotatable bonds is 3. The Morgan fingerprint density at radius 2 is 1.75 bits per heavy atom. The highest BCUT2D eigenvalue weighted by molar-refractivity contribution is 5.98. The minimum Gasteiger partial charge on any atom is -0.310 e. The van der Waals surface area contributed by atoms with Gasteiger partial charge in [-0.05, 0) is 30.4 Å². The second-order valence-electron chi connectivity index (χ2n) is 5.04. The zero-order chi connectivity index (χ0) is 12.2. The first-order valence-electron chi connectivity index (χ1n) is 5.83. The highest BCUT2D eigenvalue weighted by Crippen LogP contribution is 2.22. The molecule has 0 heterocycles. The van der Waals surface area contributed by atoms with Crippen LogP contribution in [0.4, 0.5) is 0 Å². The molecule has 0 fully saturated rings. The van der Waals surface area contributed by atoms with Gasteiger partial charge in [0.25, 0.3) is 0 Å². The molecule has 0 bridgehead atoms. The Morgan fingerprint density at radius 3 is 2.19 bits per heavy atom. The van der Waals surface area contributed by atoms with Gasteiger partial charge in [0.15, 0.2) is 0 Å². The summed E-state index contributed by atoms with van der Waals surface area (Å²) in [4.78, 5) is 0. The van der Waals surface area contributed by atoms with Crippen LogP contribution in [0.1, 0.15) is 45.7 Å². The highest BCUT2D eigenvalue weighted by Gasteiger charge is 2.12. The zero-order valence-corrected chi connectivity index (χ0v) is 11.0. The van der Waals surface area contributed by atoms with E-state index in [1.54, 1.807) is 0 Å². The molecule has 0 unspecified atom stereocenters. The second-order valence-corrected chi connectivity index (χ2v) is 5.04. The number of benzene rings is 1. The summed E-state index contributed by atoms with van der Waals surface area (Å²) in [5.74, 6) is 0. The molecule has 2 nitrogen and oxygen atoms in total. The lowest BCUT2D eigenvalue weighted by Crippen LogP contribution is -2.12. The minimum absolute atomic E-state index is 0.214. The normalized spacial score (nSPS) is 12.7. The van der Waals surface area contributed by atoms with E-state index in [1.165, 1.54) is 11.1 Å². The maximum absolute atomic E-state index is 4.27. The molecule has 0 aliphatic heterocycles. The van der Waals surface area contributed by atoms with Crippen LogP contribution in [0.2, 0.25) is 0 Å². The summed E-state index contributed by atoms with van der Waals surface area (Å²) in [6, 6.07) is 8.63. The van der Waals surface area contributed by atoms with Gasteiger partial charge >= 0.3 is 0 Å². The van der Waals surface area contributed by atoms with Crippen LogP contribution in [0.15, 0.2) is 29.4 Å². The largest absolute Gasteiger partial charge is 0.310 e. The van der Waals surface area contributed by atoms with E-state index >= 15 is 0 Å². The molecular weight excluding hydrogens is 196 g/mol. The molecule has 0 saturated carbocycles. The Labute approximate surface area is 98.8 Å². The van der Waals surface area contributed by atoms with Crippen LogP contribution in [-0.2, 0) is 5.41 Å². The average molecular weight is 218 g/mol. The molecule has 1 N–H and O–H groups in total. The van der Waals surface area contributed by atoms with Crippen LogP contribution in [0.3, 0.4) is 0 Å². The van der Waals surface area contributed by atoms with E-state index in [9.17, 15) is 0 Å². The van der Waals surface area contributed by atoms with Crippen LogP contribution >= 0.6 is 0 Å². The first-order valence-corrected chi connectivity index (χ1v) is 5.83. The number of hydrogen-bond donors (Lipinski definition) is 1. The lowest BCUT2D eigenvalue weighted by atomic mass is 9.86. The monoisotopic (exact) mass is 218 g/mol. The summed E-state index contributed by atoms with van der Waals surface area (Å²) in [5.41, 5.74) is 6.75. The minimum atomic E-state index is 0.214. The predicted molar refractivity (Wildman–Crippen MR) is 71.0 cm³/mol. The van der Waals surface area contributed by atoms with Gasteiger partial charge in [0.2, 0.25) is 0 Å². The van der Waals surface area contributed by atoms with Gasteiger partial charge in [-0.25, -0.2) is 0 Å². The van der Waals surface area contributed by atoms with Gasteiger partial charge < -0.3 is 5.43 Å². The molecule has 0 aliphatic rings. The van der Waals surface area contributed by atoms with Crippen molar-refractivity contribution >= 4 is 5.71 Å². The maximum atomic E-state index is 4.27. The van der Waals surface area contributed by atoms with E-state index < -0.39 is 0 Å². The van der Waals surface area contributed by atoms with Gasteiger partial charge in [-0.2, -0.15) is 5.10 Å². The fraction of sp³-hybridized carbons (Fsp3) is 0.500. The molecule has 0 aromatic heterocycles. The van der Waals surface area contributed by atoms with Crippen LogP contribution in [-0.4, -0.2) is 12.3 Å². The van der Waals surface area contributed by atoms with Crippen molar-refractivity contribution in [3.8, 4) is 0 Å². The van der Waals surface area contributed by atoms with Crippen molar-refractivity contribution in [2.75, 3.05) is 6.54 Å². The van der Waals surface area contributed by atoms with Crippen molar-refractivity contribution in [2.45, 2.75) is 40.0 Å². The Morgan fingerprint density at radius 1 is 1.19 bits per heavy atom. The van der Waals surface area contributed by atoms with E-state index in [0.29, 0.717) is 0 Å². The summed E-state index contributed by atoms with van der Waals surface area (Å²) < 4.78 is 0. The van der Waals surface area contributed by atoms with Gasteiger partial charge in [0.1, 0.15) is 0 Å². The van der Waals surface area contributed by atoms with Gasteiger partial charge in [0.05, 0.1) is 5.71 Å². The molecule has 1 aromatic carbocycles. The molecule has 0 radical (unpaired) electrons. The Balaban J connectivity index is 2.87. The number of nitrogens with zero attached hydrogens (tertiary/aromatic N) is 1. The third-order valence-electron chi connectivity index (χ3n) is 2.57. The number of hydrazone groups is 1. The third-order valence-corrected chi connectivity index (χ3v) is 2.57. The van der Waals surface area contributed by atoms with Crippen LogP contribution in [0.25, 0.3) is 0 Å². The maximum Gasteiger partial charge on any atom is 0.0644 e. The molecule has 0 spiro atoms. The van der Waals surface area contributed by atoms with Gasteiger partial charge in [-0.3, -0.25) is 0 Å². The summed E-state index contributed by atoms with van der Waals surface area (Å²) in [5, 5.41) is 4.27. The molecule has 1 rings (SSSR count). The fourth-order valence-electron chi connectivity index (χ4n) is 1.47. The fourth-order valence-corrected chi connectivity index (χ4v) is 1.47. The topological polar surface area (TPSA) is 24.4 Å². The quantitative estimate of drug-likeness (QED) is 0.611. The molecular formula is C14H22N2. The third kappa shape index (κ3) is 3.37. The van der Waals surface area contributed by atoms with E-state index in [4.69, 9.17) is 0 Å². The smallest absolute Gasteiger partial charge is 0.0644 e. The Hall–Kier alpha value is -1.31. The molecule has 0 amide bonds. The first-order chi connectivity index (χ1) is 7.45. The Kier molecular flexibility index (Phi) is 4.11. The zero-order valence-electron chi connectivity index (χ0n) is 11.0. The highest BCUT2D eigenvalue weighted by atomic mass is 15.3. The van der Waals surface area contributed by atoms with Gasteiger partial charge in [-0.1, -0.05) is 45.0 Å². The van der Waals surface area contributed by atoms with Gasteiger partial charge in [-0.15, -0.1) is 0 Å². The van der Waals surface area contributed by atoms with Crippen LogP contribution in [0, 0.1) is 0 Å². The van der Waals surface area contributed by atoms with Crippen molar-refractivity contribution in [3.05, 3.63) is 35.4 Å². The summed E-state index contributed by atoms with van der Waals surface area (Å²) in [6.07, 6.45) is 0. The van der Waals surface area contributed by atoms with Crippen molar-refractivity contribution < 1.29 is 0 Å². The lowest BCUT2D eigenvalue weighted by Gasteiger charge is -2.19. The standard InChI is InChI=1S/C14H22N2/c1-6-15-16-11(2)12-7-9-13(10-8-12)14(3,4)5/h7-10,15H,6H2,1-5H3/b16-11+. The predicted octanol–water partition coefficient (Wildman–Crippen LogP) is 3.32. The first kappa shape index (κ1) is 12.8. The van der Waals surface area contributed by atoms with Crippen molar-refractivity contribution in [3.63, 3.8) is 0 Å². The number of hydrogen-bond acceptors (Lipinski definition) is 2. The summed E-state index contributed by atoms with van der Waals surface area (Å²) in [6.45, 7) is 11.6. The molecule has 0 aliphatic carbocycles. The van der Waals surface area contributed by atoms with E-state index in [0.717, 1.165) is 12.3 Å². The van der Waals surface area contributed by atoms with Crippen molar-refractivity contribution in [1.29, 1.82) is 0 Å². The number of nitrogens with one attached hydrogen (secondary N) is 1. The molecule has 88 valence electrons. The van der Waals surface area contributed by atoms with Crippen molar-refractivity contribution in [2.24, 2.45) is 5.10 Å². The second kappa shape index (κ2) is 5.15. The Bertz CT molecular complexity index is 355. The van der Waals surface area contributed by atoms with Crippen molar-refractivity contribution in [1.82, 2.24) is 5.43 Å². The summed E-state index contributed by atoms with van der Waals surface area (Å²) in [7, 11) is 0. The average Bonchev–Trinajstić information content (AvgIpc) is 2.25. The van der Waals surface area contributed by atoms with Crippen LogP contribution in [0.5, 0.6) is 0 Å². The molecule has 16 heavy (non-hydrogen) atoms. The van der Waals surface area contributed by atoms with E-state index in [2.05, 4.69) is 55.6 Å². The summed E-state index contributed by atoms with van der Waals surface area (Å²) >= 11 is 0. The lowest BCUT2D eigenvalue weighted by molar-refractivity contribution is 0.590. The van der Waals surface area contributed by atoms with E-state index in [-0.39, 0.29) is 5.41 Å². The molecule has 0 saturated heterocycles. The van der Waals surface area contributed by atoms with Crippen LogP contribution < -0.4 is 5.43 Å². The van der Waals surface area contributed by atoms with E-state index in [1.807, 2.05) is 13.8 Å². The molecule has 0 atom stereocenters. The molecule has 1 aromatic rings. The SMILES string of the molecule is CCN/N=C(\C)c1ccc(C(C)(C)C)cc1.